The molecule has 0 radical (unpaired) electrons. The number of benzene rings is 11. The van der Waals surface area contributed by atoms with Gasteiger partial charge in [-0.1, -0.05) is 217 Å². The molecule has 3 aliphatic carbocycles. The van der Waals surface area contributed by atoms with Gasteiger partial charge in [0.25, 0.3) is 0 Å². The maximum absolute atomic E-state index is 15.9. The monoisotopic (exact) mass is 1260 g/mol. The highest BCUT2D eigenvalue weighted by Gasteiger charge is 2.41. The minimum absolute atomic E-state index is 0.0769. The normalized spacial score (nSPS) is 14.0. The van der Waals surface area contributed by atoms with Crippen LogP contribution in [0, 0.1) is 38.2 Å². The SMILES string of the molecule is Cc1cc(-c2ccccc2)ccc1N(c1cc2c(cc1F)-c1ccccc1C2(C)C)C(C)(C)C.Cc1cccc(-c2ccccc2)c1N(c1cc2c(cc1F)-c1ccccc1C2(C)C)C(C)C.Cc1ccccc1N(c1cc2c(cc1F)-c1ccccc1C2(C)C)C(C)(C)C. The van der Waals surface area contributed by atoms with Crippen LogP contribution in [0.5, 0.6) is 0 Å². The molecule has 0 spiro atoms. The lowest BCUT2D eigenvalue weighted by Gasteiger charge is -2.39. The van der Waals surface area contributed by atoms with E-state index in [2.05, 4.69) is 302 Å². The third-order valence-corrected chi connectivity index (χ3v) is 20.0. The zero-order chi connectivity index (χ0) is 67.8. The van der Waals surface area contributed by atoms with E-state index in [0.29, 0.717) is 17.1 Å². The van der Waals surface area contributed by atoms with Gasteiger partial charge in [0.15, 0.2) is 0 Å². The van der Waals surface area contributed by atoms with E-state index >= 15 is 13.2 Å². The zero-order valence-corrected chi connectivity index (χ0v) is 58.5. The van der Waals surface area contributed by atoms with Crippen LogP contribution in [0.1, 0.15) is 147 Å². The molecule has 6 heteroatoms. The molecule has 0 fully saturated rings. The van der Waals surface area contributed by atoms with Crippen molar-refractivity contribution in [1.82, 2.24) is 0 Å². The number of hydrogen-bond donors (Lipinski definition) is 0. The molecule has 0 bridgehead atoms. The Balaban J connectivity index is 0.000000137. The van der Waals surface area contributed by atoms with Gasteiger partial charge in [-0.2, -0.15) is 0 Å². The number of rotatable bonds is 9. The van der Waals surface area contributed by atoms with Gasteiger partial charge in [0.05, 0.1) is 22.7 Å². The van der Waals surface area contributed by atoms with E-state index < -0.39 is 0 Å². The summed E-state index contributed by atoms with van der Waals surface area (Å²) in [5.74, 6) is -0.547. The first-order valence-corrected chi connectivity index (χ1v) is 33.6. The molecule has 0 unspecified atom stereocenters. The van der Waals surface area contributed by atoms with Gasteiger partial charge in [-0.15, -0.1) is 0 Å². The average Bonchev–Trinajstić information content (AvgIpc) is 1.61. The summed E-state index contributed by atoms with van der Waals surface area (Å²) in [7, 11) is 0. The van der Waals surface area contributed by atoms with Gasteiger partial charge in [0.2, 0.25) is 0 Å². The van der Waals surface area contributed by atoms with Crippen LogP contribution >= 0.6 is 0 Å². The third kappa shape index (κ3) is 11.8. The van der Waals surface area contributed by atoms with Gasteiger partial charge in [-0.05, 0) is 231 Å². The minimum atomic E-state index is -0.316. The molecule has 482 valence electrons. The van der Waals surface area contributed by atoms with Gasteiger partial charge >= 0.3 is 0 Å². The molecule has 11 aromatic rings. The quantitative estimate of drug-likeness (QED) is 0.143. The molecule has 14 rings (SSSR count). The first kappa shape index (κ1) is 65.7. The summed E-state index contributed by atoms with van der Waals surface area (Å²) in [6, 6.07) is 78.4. The molecule has 0 atom stereocenters. The van der Waals surface area contributed by atoms with Crippen LogP contribution in [0.4, 0.5) is 47.3 Å². The van der Waals surface area contributed by atoms with Crippen molar-refractivity contribution >= 4 is 34.1 Å². The number of nitrogens with zero attached hydrogens (tertiary/aromatic N) is 3. The number of fused-ring (bicyclic) bond motifs is 9. The number of aryl methyl sites for hydroxylation is 3. The second kappa shape index (κ2) is 24.7. The summed E-state index contributed by atoms with van der Waals surface area (Å²) in [6.07, 6.45) is 0. The molecule has 3 aliphatic rings. The van der Waals surface area contributed by atoms with E-state index in [1.54, 1.807) is 18.2 Å². The second-order valence-corrected chi connectivity index (χ2v) is 30.0. The van der Waals surface area contributed by atoms with Crippen molar-refractivity contribution in [1.29, 1.82) is 0 Å². The van der Waals surface area contributed by atoms with E-state index in [1.165, 1.54) is 44.5 Å². The molecule has 0 saturated heterocycles. The molecule has 0 saturated carbocycles. The lowest BCUT2D eigenvalue weighted by molar-refractivity contribution is 0.539. The Morgan fingerprint density at radius 2 is 0.653 bits per heavy atom. The molecular weight excluding hydrogens is 1170 g/mol. The summed E-state index contributed by atoms with van der Waals surface area (Å²) in [4.78, 5) is 6.47. The van der Waals surface area contributed by atoms with Crippen molar-refractivity contribution < 1.29 is 13.2 Å². The zero-order valence-electron chi connectivity index (χ0n) is 58.5. The van der Waals surface area contributed by atoms with Crippen molar-refractivity contribution in [3.8, 4) is 55.6 Å². The van der Waals surface area contributed by atoms with Crippen LogP contribution in [0.25, 0.3) is 55.6 Å². The number of halogens is 3. The molecule has 0 N–H and O–H groups in total. The predicted molar refractivity (Wildman–Crippen MR) is 397 cm³/mol. The fourth-order valence-corrected chi connectivity index (χ4v) is 15.4. The van der Waals surface area contributed by atoms with E-state index in [4.69, 9.17) is 0 Å². The van der Waals surface area contributed by atoms with E-state index in [9.17, 15) is 0 Å². The summed E-state index contributed by atoms with van der Waals surface area (Å²) in [5.41, 5.74) is 25.7. The second-order valence-electron chi connectivity index (χ2n) is 30.0. The largest absolute Gasteiger partial charge is 0.336 e. The molecule has 0 amide bonds. The number of para-hydroxylation sites is 2. The third-order valence-electron chi connectivity index (χ3n) is 20.0. The smallest absolute Gasteiger partial charge is 0.147 e. The van der Waals surface area contributed by atoms with Gasteiger partial charge in [0, 0.05) is 50.3 Å². The Hall–Kier alpha value is -9.39. The number of anilines is 6. The summed E-state index contributed by atoms with van der Waals surface area (Å²) < 4.78 is 47.3. The first-order valence-electron chi connectivity index (χ1n) is 33.6. The van der Waals surface area contributed by atoms with Crippen molar-refractivity contribution in [3.63, 3.8) is 0 Å². The molecule has 95 heavy (non-hydrogen) atoms. The Kier molecular flexibility index (Phi) is 17.1. The highest BCUT2D eigenvalue weighted by molar-refractivity contribution is 5.90. The van der Waals surface area contributed by atoms with Gasteiger partial charge in [-0.25, -0.2) is 13.2 Å². The maximum Gasteiger partial charge on any atom is 0.147 e. The van der Waals surface area contributed by atoms with Crippen LogP contribution in [-0.4, -0.2) is 17.1 Å². The van der Waals surface area contributed by atoms with Gasteiger partial charge in [0.1, 0.15) is 17.5 Å². The summed E-state index contributed by atoms with van der Waals surface area (Å²) in [6.45, 7) is 36.8. The Morgan fingerprint density at radius 1 is 0.295 bits per heavy atom. The standard InChI is InChI=1S/C32H32FN.C31H30FN.C26H28FN/c1-21-18-23(22-12-8-7-9-13-22)16-17-29(21)34(31(2,3)4)30-20-27-25(19-28(30)33)24-14-10-11-15-26(24)32(27,5)6;1-20(2)33(30-21(3)12-11-16-23(30)22-13-7-6-8-14-22)29-19-27-25(18-28(29)32)24-15-9-10-17-26(24)31(27,4)5;1-17-11-7-10-14-23(17)28(25(2,3)4)24-16-21-19(15-22(24)27)18-12-8-9-13-20(18)26(21,5)6/h7-20H,1-6H3;6-20H,1-5H3;7-16H,1-6H3. The van der Waals surface area contributed by atoms with Crippen LogP contribution in [0.3, 0.4) is 0 Å². The van der Waals surface area contributed by atoms with Crippen molar-refractivity contribution in [2.75, 3.05) is 14.7 Å². The maximum atomic E-state index is 15.9. The van der Waals surface area contributed by atoms with Gasteiger partial charge in [-0.3, -0.25) is 0 Å². The molecule has 0 aliphatic heterocycles. The lowest BCUT2D eigenvalue weighted by Crippen LogP contribution is -2.38. The highest BCUT2D eigenvalue weighted by atomic mass is 19.1. The van der Waals surface area contributed by atoms with Crippen molar-refractivity contribution in [2.24, 2.45) is 0 Å². The van der Waals surface area contributed by atoms with Crippen molar-refractivity contribution in [3.05, 3.63) is 298 Å². The van der Waals surface area contributed by atoms with Crippen LogP contribution in [0.15, 0.2) is 231 Å². The fourth-order valence-electron chi connectivity index (χ4n) is 15.4. The van der Waals surface area contributed by atoms with E-state index in [0.717, 1.165) is 78.3 Å². The lowest BCUT2D eigenvalue weighted by atomic mass is 9.82. The van der Waals surface area contributed by atoms with Crippen LogP contribution in [0.2, 0.25) is 0 Å². The fraction of sp³-hybridized carbons (Fsp3) is 0.258. The molecular formula is C89H90F3N3. The Bertz CT molecular complexity index is 4710. The Morgan fingerprint density at radius 3 is 1.07 bits per heavy atom. The van der Waals surface area contributed by atoms with E-state index in [-0.39, 0.29) is 50.8 Å². The minimum Gasteiger partial charge on any atom is -0.336 e. The first-order chi connectivity index (χ1) is 45.0. The van der Waals surface area contributed by atoms with Crippen LogP contribution < -0.4 is 14.7 Å². The molecule has 11 aromatic carbocycles. The molecule has 0 aromatic heterocycles. The van der Waals surface area contributed by atoms with E-state index in [1.807, 2.05) is 42.5 Å². The highest BCUT2D eigenvalue weighted by Crippen LogP contribution is 2.55. The van der Waals surface area contributed by atoms with Crippen molar-refractivity contribution in [2.45, 2.75) is 151 Å². The van der Waals surface area contributed by atoms with Gasteiger partial charge < -0.3 is 14.7 Å². The number of hydrogen-bond acceptors (Lipinski definition) is 3. The topological polar surface area (TPSA) is 9.72 Å². The summed E-state index contributed by atoms with van der Waals surface area (Å²) >= 11 is 0. The average molecular weight is 1260 g/mol. The molecule has 3 nitrogen and oxygen atoms in total. The van der Waals surface area contributed by atoms with Crippen LogP contribution in [-0.2, 0) is 16.2 Å². The predicted octanol–water partition coefficient (Wildman–Crippen LogP) is 25.1. The molecule has 0 heterocycles. The summed E-state index contributed by atoms with van der Waals surface area (Å²) in [5, 5.41) is 0. The Labute approximate surface area is 563 Å².